The highest BCUT2D eigenvalue weighted by molar-refractivity contribution is 9.11. The zero-order valence-corrected chi connectivity index (χ0v) is 7.65. The fourth-order valence-electron chi connectivity index (χ4n) is 1.27. The van der Waals surface area contributed by atoms with E-state index in [1.54, 1.807) is 0 Å². The molecule has 0 unspecified atom stereocenters. The molecule has 0 bridgehead atoms. The molecular weight excluding hydrogens is 192 g/mol. The van der Waals surface area contributed by atoms with Crippen LogP contribution in [0.4, 0.5) is 0 Å². The van der Waals surface area contributed by atoms with Crippen molar-refractivity contribution in [2.24, 2.45) is 0 Å². The zero-order valence-electron chi connectivity index (χ0n) is 6.07. The molecular formula is C8H13BrO. The molecule has 1 N–H and O–H groups in total. The quantitative estimate of drug-likeness (QED) is 0.697. The lowest BCUT2D eigenvalue weighted by atomic mass is 10.1. The second-order valence-electron chi connectivity index (χ2n) is 2.73. The molecule has 0 heterocycles. The summed E-state index contributed by atoms with van der Waals surface area (Å²) in [7, 11) is 0. The summed E-state index contributed by atoms with van der Waals surface area (Å²) in [5, 5.41) is 8.90. The van der Waals surface area contributed by atoms with Crippen molar-refractivity contribution in [3.05, 3.63) is 10.1 Å². The minimum atomic E-state index is 0.237. The highest BCUT2D eigenvalue weighted by Crippen LogP contribution is 2.26. The lowest BCUT2D eigenvalue weighted by Crippen LogP contribution is -1.90. The Bertz CT molecular complexity index is 140. The summed E-state index contributed by atoms with van der Waals surface area (Å²) in [6.07, 6.45) is 6.01. The van der Waals surface area contributed by atoms with Crippen LogP contribution in [0.1, 0.15) is 32.1 Å². The summed E-state index contributed by atoms with van der Waals surface area (Å²) >= 11 is 3.48. The Hall–Kier alpha value is 0.180. The predicted octanol–water partition coefficient (Wildman–Crippen LogP) is 2.59. The van der Waals surface area contributed by atoms with E-state index in [0.717, 1.165) is 12.8 Å². The van der Waals surface area contributed by atoms with E-state index in [-0.39, 0.29) is 6.61 Å². The first-order valence-corrected chi connectivity index (χ1v) is 4.61. The maximum Gasteiger partial charge on any atom is 0.0652 e. The SMILES string of the molecule is OCC1=C(Br)CCCCC1. The van der Waals surface area contributed by atoms with Crippen LogP contribution in [-0.4, -0.2) is 11.7 Å². The molecule has 0 radical (unpaired) electrons. The molecule has 0 aliphatic heterocycles. The molecule has 1 rings (SSSR count). The molecule has 0 aromatic heterocycles. The van der Waals surface area contributed by atoms with Crippen LogP contribution in [0.2, 0.25) is 0 Å². The van der Waals surface area contributed by atoms with Gasteiger partial charge in [0.15, 0.2) is 0 Å². The first-order chi connectivity index (χ1) is 4.84. The summed E-state index contributed by atoms with van der Waals surface area (Å²) in [4.78, 5) is 0. The average molecular weight is 205 g/mol. The molecule has 0 aromatic rings. The van der Waals surface area contributed by atoms with Crippen LogP contribution in [0.25, 0.3) is 0 Å². The van der Waals surface area contributed by atoms with Gasteiger partial charge in [0.1, 0.15) is 0 Å². The van der Waals surface area contributed by atoms with Crippen LogP contribution in [-0.2, 0) is 0 Å². The smallest absolute Gasteiger partial charge is 0.0652 e. The van der Waals surface area contributed by atoms with Gasteiger partial charge in [-0.15, -0.1) is 0 Å². The van der Waals surface area contributed by atoms with Crippen LogP contribution >= 0.6 is 15.9 Å². The zero-order chi connectivity index (χ0) is 7.40. The number of halogens is 1. The minimum Gasteiger partial charge on any atom is -0.392 e. The van der Waals surface area contributed by atoms with E-state index in [4.69, 9.17) is 5.11 Å². The maximum absolute atomic E-state index is 8.90. The summed E-state index contributed by atoms with van der Waals surface area (Å²) in [5.74, 6) is 0. The monoisotopic (exact) mass is 204 g/mol. The standard InChI is InChI=1S/C8H13BrO/c9-8-5-3-1-2-4-7(8)6-10/h10H,1-6H2. The normalized spacial score (nSPS) is 21.0. The predicted molar refractivity (Wildman–Crippen MR) is 46.1 cm³/mol. The molecule has 58 valence electrons. The lowest BCUT2D eigenvalue weighted by molar-refractivity contribution is 0.325. The van der Waals surface area contributed by atoms with Gasteiger partial charge in [0.25, 0.3) is 0 Å². The Morgan fingerprint density at radius 3 is 2.60 bits per heavy atom. The van der Waals surface area contributed by atoms with E-state index in [1.165, 1.54) is 29.3 Å². The van der Waals surface area contributed by atoms with Crippen molar-refractivity contribution in [2.75, 3.05) is 6.61 Å². The van der Waals surface area contributed by atoms with Gasteiger partial charge in [0.2, 0.25) is 0 Å². The van der Waals surface area contributed by atoms with Gasteiger partial charge in [-0.1, -0.05) is 22.4 Å². The van der Waals surface area contributed by atoms with Gasteiger partial charge < -0.3 is 5.11 Å². The Morgan fingerprint density at radius 1 is 1.20 bits per heavy atom. The summed E-state index contributed by atoms with van der Waals surface area (Å²) in [6, 6.07) is 0. The number of allylic oxidation sites excluding steroid dienone is 1. The number of aliphatic hydroxyl groups is 1. The molecule has 2 heteroatoms. The van der Waals surface area contributed by atoms with Crippen LogP contribution in [0.5, 0.6) is 0 Å². The first kappa shape index (κ1) is 8.28. The summed E-state index contributed by atoms with van der Waals surface area (Å²) in [5.41, 5.74) is 1.21. The third kappa shape index (κ3) is 2.10. The Balaban J connectivity index is 2.58. The Labute approximate surface area is 70.3 Å². The van der Waals surface area contributed by atoms with Gasteiger partial charge in [0.05, 0.1) is 6.61 Å². The van der Waals surface area contributed by atoms with Crippen LogP contribution in [0.3, 0.4) is 0 Å². The largest absolute Gasteiger partial charge is 0.392 e. The minimum absolute atomic E-state index is 0.237. The molecule has 0 saturated heterocycles. The molecule has 0 atom stereocenters. The number of rotatable bonds is 1. The maximum atomic E-state index is 8.90. The fraction of sp³-hybridized carbons (Fsp3) is 0.750. The van der Waals surface area contributed by atoms with Gasteiger partial charge in [0, 0.05) is 0 Å². The molecule has 0 fully saturated rings. The third-order valence-electron chi connectivity index (χ3n) is 1.95. The molecule has 1 aliphatic rings. The third-order valence-corrected chi connectivity index (χ3v) is 2.91. The van der Waals surface area contributed by atoms with E-state index in [0.29, 0.717) is 0 Å². The van der Waals surface area contributed by atoms with Crippen molar-refractivity contribution in [3.8, 4) is 0 Å². The topological polar surface area (TPSA) is 20.2 Å². The van der Waals surface area contributed by atoms with Gasteiger partial charge in [-0.25, -0.2) is 0 Å². The fourth-order valence-corrected chi connectivity index (χ4v) is 1.88. The lowest BCUT2D eigenvalue weighted by Gasteiger charge is -2.01. The van der Waals surface area contributed by atoms with Crippen LogP contribution < -0.4 is 0 Å². The van der Waals surface area contributed by atoms with Crippen LogP contribution in [0, 0.1) is 0 Å². The number of hydrogen-bond acceptors (Lipinski definition) is 1. The highest BCUT2D eigenvalue weighted by atomic mass is 79.9. The van der Waals surface area contributed by atoms with Crippen molar-refractivity contribution in [3.63, 3.8) is 0 Å². The van der Waals surface area contributed by atoms with E-state index >= 15 is 0 Å². The van der Waals surface area contributed by atoms with E-state index < -0.39 is 0 Å². The second-order valence-corrected chi connectivity index (χ2v) is 3.68. The molecule has 10 heavy (non-hydrogen) atoms. The first-order valence-electron chi connectivity index (χ1n) is 3.82. The van der Waals surface area contributed by atoms with Crippen LogP contribution in [0.15, 0.2) is 10.1 Å². The number of aliphatic hydroxyl groups excluding tert-OH is 1. The summed E-state index contributed by atoms with van der Waals surface area (Å²) in [6.45, 7) is 0.237. The second kappa shape index (κ2) is 4.14. The molecule has 1 aliphatic carbocycles. The van der Waals surface area contributed by atoms with Gasteiger partial charge in [-0.05, 0) is 35.7 Å². The molecule has 0 spiro atoms. The average Bonchev–Trinajstić information content (AvgIpc) is 2.13. The molecule has 0 saturated carbocycles. The van der Waals surface area contributed by atoms with E-state index in [2.05, 4.69) is 15.9 Å². The Kier molecular flexibility index (Phi) is 3.43. The van der Waals surface area contributed by atoms with Gasteiger partial charge in [-0.2, -0.15) is 0 Å². The van der Waals surface area contributed by atoms with Crippen molar-refractivity contribution in [1.29, 1.82) is 0 Å². The van der Waals surface area contributed by atoms with Gasteiger partial charge >= 0.3 is 0 Å². The van der Waals surface area contributed by atoms with E-state index in [9.17, 15) is 0 Å². The molecule has 0 aromatic carbocycles. The van der Waals surface area contributed by atoms with Crippen molar-refractivity contribution in [2.45, 2.75) is 32.1 Å². The van der Waals surface area contributed by atoms with E-state index in [1.807, 2.05) is 0 Å². The number of hydrogen-bond donors (Lipinski definition) is 1. The van der Waals surface area contributed by atoms with Gasteiger partial charge in [-0.3, -0.25) is 0 Å². The molecule has 1 nitrogen and oxygen atoms in total. The van der Waals surface area contributed by atoms with Crippen molar-refractivity contribution < 1.29 is 5.11 Å². The van der Waals surface area contributed by atoms with Crippen molar-refractivity contribution >= 4 is 15.9 Å². The molecule has 0 amide bonds. The Morgan fingerprint density at radius 2 is 1.90 bits per heavy atom. The summed E-state index contributed by atoms with van der Waals surface area (Å²) < 4.78 is 1.24. The highest BCUT2D eigenvalue weighted by Gasteiger charge is 2.07. The van der Waals surface area contributed by atoms with Crippen molar-refractivity contribution in [1.82, 2.24) is 0 Å².